The highest BCUT2D eigenvalue weighted by Gasteiger charge is 2.45. The Kier molecular flexibility index (Phi) is 6.74. The number of amides is 1. The summed E-state index contributed by atoms with van der Waals surface area (Å²) < 4.78 is 14.9. The Morgan fingerprint density at radius 1 is 1.11 bits per heavy atom. The van der Waals surface area contributed by atoms with Crippen LogP contribution in [0.2, 0.25) is 0 Å². The standard InChI is InChI=1S/C19H24N2O7/c1-11(22)27-15-6-5-13(10-16(15)28-12(2)23)9-14(17(24)26-3)21-18(25)19(20)7-4-8-19/h5-6,10,14H,4,7-9,20H2,1-3H3,(H,21,25)/p+1/t14-/m0/s1. The van der Waals surface area contributed by atoms with Gasteiger partial charge in [-0.15, -0.1) is 0 Å². The van der Waals surface area contributed by atoms with Gasteiger partial charge in [0.15, 0.2) is 17.0 Å². The van der Waals surface area contributed by atoms with Gasteiger partial charge in [0.1, 0.15) is 6.04 Å². The molecule has 0 unspecified atom stereocenters. The quantitative estimate of drug-likeness (QED) is 0.488. The zero-order valence-electron chi connectivity index (χ0n) is 16.2. The lowest BCUT2D eigenvalue weighted by Gasteiger charge is -2.33. The van der Waals surface area contributed by atoms with Crippen LogP contribution in [0.1, 0.15) is 38.7 Å². The lowest BCUT2D eigenvalue weighted by atomic mass is 9.77. The number of esters is 3. The summed E-state index contributed by atoms with van der Waals surface area (Å²) in [7, 11) is 1.24. The third-order valence-corrected chi connectivity index (χ3v) is 4.54. The first-order chi connectivity index (χ1) is 13.1. The van der Waals surface area contributed by atoms with Gasteiger partial charge >= 0.3 is 17.9 Å². The lowest BCUT2D eigenvalue weighted by molar-refractivity contribution is -0.477. The minimum absolute atomic E-state index is 0.0442. The van der Waals surface area contributed by atoms with Gasteiger partial charge in [-0.1, -0.05) is 6.07 Å². The maximum Gasteiger partial charge on any atom is 0.328 e. The van der Waals surface area contributed by atoms with Crippen LogP contribution in [0.25, 0.3) is 0 Å². The largest absolute Gasteiger partial charge is 0.467 e. The van der Waals surface area contributed by atoms with Crippen LogP contribution in [0.15, 0.2) is 18.2 Å². The van der Waals surface area contributed by atoms with Gasteiger partial charge < -0.3 is 25.3 Å². The number of benzene rings is 1. The van der Waals surface area contributed by atoms with E-state index in [1.54, 1.807) is 6.07 Å². The van der Waals surface area contributed by atoms with Gasteiger partial charge in [0.25, 0.3) is 5.91 Å². The molecule has 1 saturated carbocycles. The minimum atomic E-state index is -0.929. The highest BCUT2D eigenvalue weighted by molar-refractivity contribution is 5.90. The molecule has 0 saturated heterocycles. The van der Waals surface area contributed by atoms with Crippen molar-refractivity contribution in [2.24, 2.45) is 0 Å². The van der Waals surface area contributed by atoms with E-state index in [-0.39, 0.29) is 23.8 Å². The molecule has 1 atom stereocenters. The van der Waals surface area contributed by atoms with E-state index < -0.39 is 29.5 Å². The fourth-order valence-electron chi connectivity index (χ4n) is 2.87. The summed E-state index contributed by atoms with van der Waals surface area (Å²) in [6.45, 7) is 2.44. The average molecular weight is 393 g/mol. The van der Waals surface area contributed by atoms with E-state index in [9.17, 15) is 19.2 Å². The molecule has 9 nitrogen and oxygen atoms in total. The fraction of sp³-hybridized carbons (Fsp3) is 0.474. The van der Waals surface area contributed by atoms with Crippen LogP contribution in [-0.2, 0) is 30.3 Å². The van der Waals surface area contributed by atoms with E-state index in [1.165, 1.54) is 33.1 Å². The van der Waals surface area contributed by atoms with Crippen molar-refractivity contribution in [3.8, 4) is 11.5 Å². The first kappa shape index (κ1) is 21.4. The van der Waals surface area contributed by atoms with Crippen molar-refractivity contribution in [2.45, 2.75) is 51.1 Å². The number of carbonyl (C=O) groups excluding carboxylic acids is 4. The SMILES string of the molecule is COC(=O)[C@H](Cc1ccc(OC(C)=O)c(OC(C)=O)c1)NC(=O)C1([NH3+])CCC1. The van der Waals surface area contributed by atoms with Gasteiger partial charge in [-0.3, -0.25) is 14.4 Å². The number of ether oxygens (including phenoxy) is 3. The van der Waals surface area contributed by atoms with E-state index in [0.717, 1.165) is 6.42 Å². The van der Waals surface area contributed by atoms with E-state index in [0.29, 0.717) is 18.4 Å². The van der Waals surface area contributed by atoms with Crippen LogP contribution in [0, 0.1) is 0 Å². The van der Waals surface area contributed by atoms with Crippen LogP contribution in [-0.4, -0.2) is 42.5 Å². The highest BCUT2D eigenvalue weighted by atomic mass is 16.6. The number of hydrogen-bond acceptors (Lipinski definition) is 7. The zero-order chi connectivity index (χ0) is 20.9. The molecule has 152 valence electrons. The second kappa shape index (κ2) is 8.83. The number of hydrogen-bond donors (Lipinski definition) is 2. The molecule has 1 aromatic carbocycles. The van der Waals surface area contributed by atoms with Crippen molar-refractivity contribution in [3.05, 3.63) is 23.8 Å². The molecule has 0 spiro atoms. The molecule has 1 aliphatic rings. The first-order valence-electron chi connectivity index (χ1n) is 8.88. The van der Waals surface area contributed by atoms with Gasteiger partial charge in [0.2, 0.25) is 0 Å². The normalized spacial score (nSPS) is 15.6. The zero-order valence-corrected chi connectivity index (χ0v) is 16.2. The Morgan fingerprint density at radius 2 is 1.71 bits per heavy atom. The van der Waals surface area contributed by atoms with Crippen LogP contribution >= 0.6 is 0 Å². The van der Waals surface area contributed by atoms with Gasteiger partial charge in [-0.2, -0.15) is 0 Å². The van der Waals surface area contributed by atoms with Gasteiger partial charge in [-0.25, -0.2) is 4.79 Å². The van der Waals surface area contributed by atoms with Gasteiger partial charge in [-0.05, 0) is 24.1 Å². The second-order valence-electron chi connectivity index (χ2n) is 6.86. The molecule has 1 aliphatic carbocycles. The first-order valence-corrected chi connectivity index (χ1v) is 8.88. The van der Waals surface area contributed by atoms with Crippen molar-refractivity contribution >= 4 is 23.8 Å². The second-order valence-corrected chi connectivity index (χ2v) is 6.86. The monoisotopic (exact) mass is 393 g/mol. The minimum Gasteiger partial charge on any atom is -0.467 e. The van der Waals surface area contributed by atoms with Crippen molar-refractivity contribution < 1.29 is 39.1 Å². The molecule has 4 N–H and O–H groups in total. The molecule has 1 fully saturated rings. The Balaban J connectivity index is 2.22. The Bertz CT molecular complexity index is 786. The van der Waals surface area contributed by atoms with Crippen molar-refractivity contribution in [3.63, 3.8) is 0 Å². The Morgan fingerprint density at radius 3 is 2.21 bits per heavy atom. The smallest absolute Gasteiger partial charge is 0.328 e. The van der Waals surface area contributed by atoms with Crippen LogP contribution in [0.3, 0.4) is 0 Å². The molecular weight excluding hydrogens is 368 g/mol. The number of methoxy groups -OCH3 is 1. The summed E-state index contributed by atoms with van der Waals surface area (Å²) in [5, 5.41) is 2.70. The Labute approximate surface area is 162 Å². The van der Waals surface area contributed by atoms with Gasteiger partial charge in [0.05, 0.1) is 7.11 Å². The number of carbonyl (C=O) groups is 4. The topological polar surface area (TPSA) is 136 Å². The Hall–Kier alpha value is -2.94. The molecule has 0 heterocycles. The summed E-state index contributed by atoms with van der Waals surface area (Å²) >= 11 is 0. The molecule has 1 aromatic rings. The predicted molar refractivity (Wildman–Crippen MR) is 96.2 cm³/mol. The summed E-state index contributed by atoms with van der Waals surface area (Å²) in [5.74, 6) is -1.94. The molecular formula is C19H25N2O7+. The van der Waals surface area contributed by atoms with E-state index >= 15 is 0 Å². The molecule has 28 heavy (non-hydrogen) atoms. The van der Waals surface area contributed by atoms with E-state index in [2.05, 4.69) is 11.1 Å². The average Bonchev–Trinajstić information content (AvgIpc) is 2.59. The number of nitrogens with one attached hydrogen (secondary N) is 1. The third-order valence-electron chi connectivity index (χ3n) is 4.54. The lowest BCUT2D eigenvalue weighted by Crippen LogP contribution is -2.82. The van der Waals surface area contributed by atoms with Crippen LogP contribution in [0.5, 0.6) is 11.5 Å². The maximum absolute atomic E-state index is 12.4. The molecule has 0 radical (unpaired) electrons. The molecule has 2 rings (SSSR count). The maximum atomic E-state index is 12.4. The third kappa shape index (κ3) is 5.29. The molecule has 0 bridgehead atoms. The van der Waals surface area contributed by atoms with Crippen LogP contribution < -0.4 is 20.5 Å². The van der Waals surface area contributed by atoms with Crippen molar-refractivity contribution in [1.82, 2.24) is 5.32 Å². The van der Waals surface area contributed by atoms with Crippen LogP contribution in [0.4, 0.5) is 0 Å². The predicted octanol–water partition coefficient (Wildman–Crippen LogP) is -0.0979. The van der Waals surface area contributed by atoms with E-state index in [4.69, 9.17) is 14.2 Å². The number of rotatable bonds is 7. The number of quaternary nitrogens is 1. The van der Waals surface area contributed by atoms with Crippen molar-refractivity contribution in [1.29, 1.82) is 0 Å². The molecule has 0 aromatic heterocycles. The van der Waals surface area contributed by atoms with Gasteiger partial charge in [0, 0.05) is 33.1 Å². The molecule has 0 aliphatic heterocycles. The fourth-order valence-corrected chi connectivity index (χ4v) is 2.87. The van der Waals surface area contributed by atoms with E-state index in [1.807, 2.05) is 0 Å². The molecule has 1 amide bonds. The summed E-state index contributed by atoms with van der Waals surface area (Å²) in [6.07, 6.45) is 2.35. The summed E-state index contributed by atoms with van der Waals surface area (Å²) in [5.41, 5.74) is 3.80. The highest BCUT2D eigenvalue weighted by Crippen LogP contribution is 2.30. The molecule has 9 heteroatoms. The summed E-state index contributed by atoms with van der Waals surface area (Å²) in [6, 6.07) is 3.61. The van der Waals surface area contributed by atoms with Crippen molar-refractivity contribution in [2.75, 3.05) is 7.11 Å². The summed E-state index contributed by atoms with van der Waals surface area (Å²) in [4.78, 5) is 47.1.